The van der Waals surface area contributed by atoms with E-state index in [9.17, 15) is 9.59 Å². The van der Waals surface area contributed by atoms with Gasteiger partial charge in [0.25, 0.3) is 5.56 Å². The molecular weight excluding hydrogens is 330 g/mol. The number of hydrogen-bond donors (Lipinski definition) is 4. The van der Waals surface area contributed by atoms with Crippen LogP contribution in [0.4, 0.5) is 0 Å². The molecule has 4 N–H and O–H groups in total. The lowest BCUT2D eigenvalue weighted by molar-refractivity contribution is -0.121. The predicted octanol–water partition coefficient (Wildman–Crippen LogP) is 1.35. The number of nitrogens with one attached hydrogen (secondary N) is 4. The Morgan fingerprint density at radius 3 is 2.96 bits per heavy atom. The zero-order chi connectivity index (χ0) is 17.9. The van der Waals surface area contributed by atoms with Gasteiger partial charge in [-0.1, -0.05) is 25.0 Å². The smallest absolute Gasteiger partial charge is 0.258 e. The molecule has 2 aromatic rings. The molecule has 1 aromatic heterocycles. The molecular formula is C19H25N5O2. The van der Waals surface area contributed by atoms with Crippen LogP contribution in [0.3, 0.4) is 0 Å². The SMILES string of the molecule is O=C(CCC1NNC2CCCCC21)NCc1nc2ccccc2c(=O)[nH]1. The van der Waals surface area contributed by atoms with Crippen LogP contribution in [-0.2, 0) is 11.3 Å². The van der Waals surface area contributed by atoms with Gasteiger partial charge in [-0.2, -0.15) is 0 Å². The maximum atomic E-state index is 12.2. The van der Waals surface area contributed by atoms with Crippen LogP contribution in [-0.4, -0.2) is 28.0 Å². The number of amides is 1. The van der Waals surface area contributed by atoms with E-state index < -0.39 is 0 Å². The fourth-order valence-electron chi connectivity index (χ4n) is 4.20. The number of aromatic nitrogens is 2. The molecule has 26 heavy (non-hydrogen) atoms. The van der Waals surface area contributed by atoms with Gasteiger partial charge in [0.05, 0.1) is 17.4 Å². The molecule has 1 amide bonds. The van der Waals surface area contributed by atoms with Crippen LogP contribution >= 0.6 is 0 Å². The van der Waals surface area contributed by atoms with Crippen LogP contribution in [0.1, 0.15) is 44.3 Å². The average molecular weight is 355 g/mol. The lowest BCUT2D eigenvalue weighted by Crippen LogP contribution is -2.34. The van der Waals surface area contributed by atoms with Crippen LogP contribution in [0.15, 0.2) is 29.1 Å². The molecule has 1 saturated heterocycles. The monoisotopic (exact) mass is 355 g/mol. The second-order valence-corrected chi connectivity index (χ2v) is 7.30. The highest BCUT2D eigenvalue weighted by Gasteiger charge is 2.36. The largest absolute Gasteiger partial charge is 0.349 e. The van der Waals surface area contributed by atoms with E-state index in [1.807, 2.05) is 12.1 Å². The van der Waals surface area contributed by atoms with E-state index in [1.165, 1.54) is 25.7 Å². The summed E-state index contributed by atoms with van der Waals surface area (Å²) in [6.45, 7) is 0.237. The highest BCUT2D eigenvalue weighted by molar-refractivity contribution is 5.77. The Kier molecular flexibility index (Phi) is 4.99. The maximum absolute atomic E-state index is 12.2. The zero-order valence-electron chi connectivity index (χ0n) is 14.8. The first-order valence-corrected chi connectivity index (χ1v) is 9.46. The van der Waals surface area contributed by atoms with Crippen LogP contribution in [0.5, 0.6) is 0 Å². The van der Waals surface area contributed by atoms with Crippen LogP contribution in [0.25, 0.3) is 10.9 Å². The molecule has 1 aromatic carbocycles. The van der Waals surface area contributed by atoms with Crippen molar-refractivity contribution in [1.82, 2.24) is 26.1 Å². The van der Waals surface area contributed by atoms with Crippen LogP contribution in [0.2, 0.25) is 0 Å². The van der Waals surface area contributed by atoms with Crippen LogP contribution in [0, 0.1) is 5.92 Å². The third-order valence-electron chi connectivity index (χ3n) is 5.59. The number of H-pyrrole nitrogens is 1. The standard InChI is InChI=1S/C19H25N5O2/c25-18(10-9-16-12-5-1-4-8-15(12)23-24-16)20-11-17-21-14-7-3-2-6-13(14)19(26)22-17/h2-3,6-7,12,15-16,23-24H,1,4-5,8-11H2,(H,20,25)(H,21,22,26). The molecule has 3 unspecified atom stereocenters. The predicted molar refractivity (Wildman–Crippen MR) is 99.2 cm³/mol. The first-order chi connectivity index (χ1) is 12.7. The lowest BCUT2D eigenvalue weighted by Gasteiger charge is -2.27. The number of fused-ring (bicyclic) bond motifs is 2. The van der Waals surface area contributed by atoms with Crippen molar-refractivity contribution < 1.29 is 4.79 Å². The molecule has 7 nitrogen and oxygen atoms in total. The Hall–Kier alpha value is -2.25. The lowest BCUT2D eigenvalue weighted by atomic mass is 9.80. The second kappa shape index (κ2) is 7.55. The van der Waals surface area contributed by atoms with E-state index in [1.54, 1.807) is 12.1 Å². The summed E-state index contributed by atoms with van der Waals surface area (Å²) in [5, 5.41) is 3.43. The number of benzene rings is 1. The first kappa shape index (κ1) is 17.2. The van der Waals surface area contributed by atoms with Gasteiger partial charge in [0.1, 0.15) is 5.82 Å². The van der Waals surface area contributed by atoms with E-state index in [2.05, 4.69) is 26.1 Å². The third-order valence-corrected chi connectivity index (χ3v) is 5.59. The minimum atomic E-state index is -0.176. The molecule has 138 valence electrons. The number of carbonyl (C=O) groups is 1. The summed E-state index contributed by atoms with van der Waals surface area (Å²) < 4.78 is 0. The first-order valence-electron chi connectivity index (χ1n) is 9.46. The van der Waals surface area contributed by atoms with E-state index in [4.69, 9.17) is 0 Å². The minimum absolute atomic E-state index is 0.0122. The van der Waals surface area contributed by atoms with Crippen molar-refractivity contribution in [2.24, 2.45) is 5.92 Å². The van der Waals surface area contributed by atoms with Gasteiger partial charge in [-0.3, -0.25) is 20.4 Å². The number of aromatic amines is 1. The molecule has 1 aliphatic heterocycles. The highest BCUT2D eigenvalue weighted by Crippen LogP contribution is 2.31. The fraction of sp³-hybridized carbons (Fsp3) is 0.526. The van der Waals surface area contributed by atoms with E-state index in [-0.39, 0.29) is 18.0 Å². The molecule has 2 aliphatic rings. The van der Waals surface area contributed by atoms with Crippen molar-refractivity contribution in [2.75, 3.05) is 0 Å². The molecule has 7 heteroatoms. The summed E-state index contributed by atoms with van der Waals surface area (Å²) in [5.41, 5.74) is 7.21. The molecule has 0 spiro atoms. The quantitative estimate of drug-likeness (QED) is 0.649. The molecule has 2 fully saturated rings. The Morgan fingerprint density at radius 1 is 1.19 bits per heavy atom. The van der Waals surface area contributed by atoms with Crippen molar-refractivity contribution in [1.29, 1.82) is 0 Å². The van der Waals surface area contributed by atoms with E-state index in [0.717, 1.165) is 6.42 Å². The highest BCUT2D eigenvalue weighted by atomic mass is 16.1. The van der Waals surface area contributed by atoms with Crippen molar-refractivity contribution in [3.8, 4) is 0 Å². The Morgan fingerprint density at radius 2 is 2.04 bits per heavy atom. The molecule has 0 bridgehead atoms. The molecule has 3 atom stereocenters. The third kappa shape index (κ3) is 3.64. The summed E-state index contributed by atoms with van der Waals surface area (Å²) in [4.78, 5) is 31.4. The molecule has 1 saturated carbocycles. The summed E-state index contributed by atoms with van der Waals surface area (Å²) in [7, 11) is 0. The molecule has 0 radical (unpaired) electrons. The van der Waals surface area contributed by atoms with Gasteiger partial charge in [-0.15, -0.1) is 0 Å². The topological polar surface area (TPSA) is 98.9 Å². The number of rotatable bonds is 5. The van der Waals surface area contributed by atoms with Gasteiger partial charge in [-0.05, 0) is 37.3 Å². The summed E-state index contributed by atoms with van der Waals surface area (Å²) in [6, 6.07) is 8.12. The van der Waals surface area contributed by atoms with Crippen molar-refractivity contribution in [3.63, 3.8) is 0 Å². The molecule has 2 heterocycles. The van der Waals surface area contributed by atoms with Gasteiger partial charge in [0.2, 0.25) is 5.91 Å². The van der Waals surface area contributed by atoms with Gasteiger partial charge >= 0.3 is 0 Å². The van der Waals surface area contributed by atoms with E-state index in [0.29, 0.717) is 41.1 Å². The Labute approximate surface area is 151 Å². The fourth-order valence-corrected chi connectivity index (χ4v) is 4.20. The Balaban J connectivity index is 1.30. The number of carbonyl (C=O) groups excluding carboxylic acids is 1. The number of hydrogen-bond acceptors (Lipinski definition) is 5. The van der Waals surface area contributed by atoms with E-state index >= 15 is 0 Å². The molecule has 4 rings (SSSR count). The molecule has 1 aliphatic carbocycles. The summed E-state index contributed by atoms with van der Waals surface area (Å²) >= 11 is 0. The van der Waals surface area contributed by atoms with Crippen molar-refractivity contribution in [3.05, 3.63) is 40.4 Å². The second-order valence-electron chi connectivity index (χ2n) is 7.30. The number of hydrazine groups is 1. The van der Waals surface area contributed by atoms with Gasteiger partial charge in [-0.25, -0.2) is 4.98 Å². The van der Waals surface area contributed by atoms with Gasteiger partial charge in [0, 0.05) is 18.5 Å². The number of nitrogens with zero attached hydrogens (tertiary/aromatic N) is 1. The summed E-state index contributed by atoms with van der Waals surface area (Å²) in [5.74, 6) is 1.10. The van der Waals surface area contributed by atoms with Crippen molar-refractivity contribution in [2.45, 2.75) is 57.2 Å². The number of para-hydroxylation sites is 1. The van der Waals surface area contributed by atoms with Gasteiger partial charge in [0.15, 0.2) is 0 Å². The zero-order valence-corrected chi connectivity index (χ0v) is 14.8. The minimum Gasteiger partial charge on any atom is -0.349 e. The average Bonchev–Trinajstić information content (AvgIpc) is 3.08. The Bertz CT molecular complexity index is 849. The summed E-state index contributed by atoms with van der Waals surface area (Å²) in [6.07, 6.45) is 6.33. The van der Waals surface area contributed by atoms with Gasteiger partial charge < -0.3 is 10.3 Å². The normalized spacial score (nSPS) is 25.2. The van der Waals surface area contributed by atoms with Crippen molar-refractivity contribution >= 4 is 16.8 Å². The maximum Gasteiger partial charge on any atom is 0.258 e. The van der Waals surface area contributed by atoms with Crippen LogP contribution < -0.4 is 21.7 Å².